The maximum Gasteiger partial charge on any atom is 0.418 e. The van der Waals surface area contributed by atoms with Crippen LogP contribution < -0.4 is 11.2 Å². The number of rotatable bonds is 1. The molecule has 0 unspecified atom stereocenters. The zero-order valence-corrected chi connectivity index (χ0v) is 10.4. The summed E-state index contributed by atoms with van der Waals surface area (Å²) >= 11 is 0. The smallest absolute Gasteiger partial charge is 0.323 e. The Kier molecular flexibility index (Phi) is 2.75. The summed E-state index contributed by atoms with van der Waals surface area (Å²) in [6.45, 7) is 0. The van der Waals surface area contributed by atoms with Crippen molar-refractivity contribution in [2.24, 2.45) is 0 Å². The van der Waals surface area contributed by atoms with Crippen molar-refractivity contribution in [1.82, 2.24) is 14.5 Å². The second-order valence-electron chi connectivity index (χ2n) is 4.41. The third-order valence-electron chi connectivity index (χ3n) is 3.04. The molecule has 0 bridgehead atoms. The van der Waals surface area contributed by atoms with E-state index >= 15 is 0 Å². The summed E-state index contributed by atoms with van der Waals surface area (Å²) in [4.78, 5) is 27.1. The Morgan fingerprint density at radius 1 is 1.00 bits per heavy atom. The molecule has 2 aromatic heterocycles. The lowest BCUT2D eigenvalue weighted by atomic mass is 10.1. The minimum Gasteiger partial charge on any atom is -0.323 e. The maximum atomic E-state index is 13.2. The van der Waals surface area contributed by atoms with Gasteiger partial charge in [0, 0.05) is 12.4 Å². The number of aromatic nitrogens is 3. The average Bonchev–Trinajstić information content (AvgIpc) is 2.90. The number of nitrogens with zero attached hydrogens (tertiary/aromatic N) is 1. The first-order valence-electron chi connectivity index (χ1n) is 5.87. The van der Waals surface area contributed by atoms with Crippen LogP contribution in [0.4, 0.5) is 13.2 Å². The number of benzene rings is 1. The first kappa shape index (κ1) is 13.2. The molecular formula is C13H8F3N3O2. The summed E-state index contributed by atoms with van der Waals surface area (Å²) in [5, 5.41) is -0.0219. The molecule has 5 nitrogen and oxygen atoms in total. The summed E-state index contributed by atoms with van der Waals surface area (Å²) < 4.78 is 40.8. The molecule has 1 aromatic carbocycles. The molecule has 2 N–H and O–H groups in total. The molecule has 0 atom stereocenters. The lowest BCUT2D eigenvalue weighted by Gasteiger charge is -2.14. The standard InChI is InChI=1S/C13H8F3N3O2/c14-13(15,16)8-6-9-7(11(20)18-12(21)17-9)5-10(8)19-3-1-2-4-19/h1-6H,(H2,17,18,20,21). The van der Waals surface area contributed by atoms with Gasteiger partial charge >= 0.3 is 11.9 Å². The molecule has 8 heteroatoms. The van der Waals surface area contributed by atoms with Gasteiger partial charge in [-0.3, -0.25) is 9.78 Å². The van der Waals surface area contributed by atoms with Crippen LogP contribution in [-0.4, -0.2) is 14.5 Å². The quantitative estimate of drug-likeness (QED) is 0.721. The molecule has 0 saturated carbocycles. The highest BCUT2D eigenvalue weighted by molar-refractivity contribution is 5.81. The number of halogens is 3. The van der Waals surface area contributed by atoms with Crippen LogP contribution in [0.25, 0.3) is 16.6 Å². The number of fused-ring (bicyclic) bond motifs is 1. The summed E-state index contributed by atoms with van der Waals surface area (Å²) in [6.07, 6.45) is -1.74. The Balaban J connectivity index is 2.45. The van der Waals surface area contributed by atoms with Crippen LogP contribution in [0.5, 0.6) is 0 Å². The number of nitrogens with one attached hydrogen (secondary N) is 2. The molecule has 0 spiro atoms. The molecule has 0 amide bonds. The minimum atomic E-state index is -4.62. The maximum absolute atomic E-state index is 13.2. The van der Waals surface area contributed by atoms with E-state index in [-0.39, 0.29) is 16.6 Å². The second kappa shape index (κ2) is 4.37. The van der Waals surface area contributed by atoms with Gasteiger partial charge in [0.05, 0.1) is 22.2 Å². The van der Waals surface area contributed by atoms with Gasteiger partial charge in [0.1, 0.15) is 0 Å². The molecule has 21 heavy (non-hydrogen) atoms. The number of alkyl halides is 3. The van der Waals surface area contributed by atoms with Gasteiger partial charge in [-0.1, -0.05) is 0 Å². The van der Waals surface area contributed by atoms with Crippen LogP contribution in [0.1, 0.15) is 5.56 Å². The van der Waals surface area contributed by atoms with Gasteiger partial charge in [0.15, 0.2) is 0 Å². The number of hydrogen-bond donors (Lipinski definition) is 2. The van der Waals surface area contributed by atoms with Crippen LogP contribution in [-0.2, 0) is 6.18 Å². The largest absolute Gasteiger partial charge is 0.418 e. The van der Waals surface area contributed by atoms with E-state index < -0.39 is 23.0 Å². The predicted molar refractivity (Wildman–Crippen MR) is 69.5 cm³/mol. The molecule has 0 saturated heterocycles. The Labute approximate surface area is 114 Å². The van der Waals surface area contributed by atoms with Crippen molar-refractivity contribution >= 4 is 10.9 Å². The number of aromatic amines is 2. The summed E-state index contributed by atoms with van der Waals surface area (Å²) in [7, 11) is 0. The van der Waals surface area contributed by atoms with E-state index in [1.165, 1.54) is 17.0 Å². The van der Waals surface area contributed by atoms with Crippen LogP contribution in [0.2, 0.25) is 0 Å². The van der Waals surface area contributed by atoms with Crippen molar-refractivity contribution in [2.45, 2.75) is 6.18 Å². The number of hydrogen-bond acceptors (Lipinski definition) is 2. The monoisotopic (exact) mass is 295 g/mol. The van der Waals surface area contributed by atoms with Crippen LogP contribution in [0, 0.1) is 0 Å². The zero-order chi connectivity index (χ0) is 15.2. The average molecular weight is 295 g/mol. The summed E-state index contributed by atoms with van der Waals surface area (Å²) in [6, 6.07) is 5.01. The molecule has 0 fully saturated rings. The van der Waals surface area contributed by atoms with E-state index in [4.69, 9.17) is 0 Å². The van der Waals surface area contributed by atoms with Gasteiger partial charge in [-0.2, -0.15) is 13.2 Å². The molecule has 108 valence electrons. The van der Waals surface area contributed by atoms with Gasteiger partial charge in [-0.25, -0.2) is 4.79 Å². The third kappa shape index (κ3) is 2.24. The van der Waals surface area contributed by atoms with Crippen molar-refractivity contribution in [1.29, 1.82) is 0 Å². The highest BCUT2D eigenvalue weighted by Gasteiger charge is 2.34. The van der Waals surface area contributed by atoms with Gasteiger partial charge in [-0.05, 0) is 24.3 Å². The van der Waals surface area contributed by atoms with Crippen LogP contribution in [0.15, 0.2) is 46.2 Å². The summed E-state index contributed by atoms with van der Waals surface area (Å²) in [5.41, 5.74) is -2.87. The highest BCUT2D eigenvalue weighted by atomic mass is 19.4. The van der Waals surface area contributed by atoms with Crippen molar-refractivity contribution in [3.05, 3.63) is 63.1 Å². The van der Waals surface area contributed by atoms with E-state index in [2.05, 4.69) is 4.98 Å². The van der Waals surface area contributed by atoms with Crippen LogP contribution >= 0.6 is 0 Å². The molecule has 0 aliphatic heterocycles. The van der Waals surface area contributed by atoms with Crippen molar-refractivity contribution in [3.8, 4) is 5.69 Å². The fourth-order valence-electron chi connectivity index (χ4n) is 2.14. The molecule has 3 rings (SSSR count). The van der Waals surface area contributed by atoms with Crippen molar-refractivity contribution in [2.75, 3.05) is 0 Å². The molecule has 3 aromatic rings. The Bertz CT molecular complexity index is 920. The fraction of sp³-hybridized carbons (Fsp3) is 0.0769. The van der Waals surface area contributed by atoms with Gasteiger partial charge in [0.25, 0.3) is 5.56 Å². The Hall–Kier alpha value is -2.77. The molecule has 0 aliphatic carbocycles. The van der Waals surface area contributed by atoms with Crippen molar-refractivity contribution in [3.63, 3.8) is 0 Å². The van der Waals surface area contributed by atoms with E-state index in [1.54, 1.807) is 12.1 Å². The van der Waals surface area contributed by atoms with E-state index in [1.807, 2.05) is 4.98 Å². The second-order valence-corrected chi connectivity index (χ2v) is 4.41. The molecular weight excluding hydrogens is 287 g/mol. The van der Waals surface area contributed by atoms with Crippen molar-refractivity contribution < 1.29 is 13.2 Å². The van der Waals surface area contributed by atoms with E-state index in [0.29, 0.717) is 0 Å². The van der Waals surface area contributed by atoms with E-state index in [0.717, 1.165) is 12.1 Å². The lowest BCUT2D eigenvalue weighted by Crippen LogP contribution is -2.23. The molecule has 0 aliphatic rings. The molecule has 0 radical (unpaired) electrons. The van der Waals surface area contributed by atoms with Gasteiger partial charge in [-0.15, -0.1) is 0 Å². The van der Waals surface area contributed by atoms with Gasteiger partial charge in [0.2, 0.25) is 0 Å². The first-order valence-corrected chi connectivity index (χ1v) is 5.87. The normalized spacial score (nSPS) is 12.0. The fourth-order valence-corrected chi connectivity index (χ4v) is 2.14. The third-order valence-corrected chi connectivity index (χ3v) is 3.04. The zero-order valence-electron chi connectivity index (χ0n) is 10.4. The summed E-state index contributed by atoms with van der Waals surface area (Å²) in [5.74, 6) is 0. The molecule has 2 heterocycles. The Morgan fingerprint density at radius 3 is 2.29 bits per heavy atom. The van der Waals surface area contributed by atoms with E-state index in [9.17, 15) is 22.8 Å². The Morgan fingerprint density at radius 2 is 1.67 bits per heavy atom. The number of H-pyrrole nitrogens is 2. The topological polar surface area (TPSA) is 70.7 Å². The highest BCUT2D eigenvalue weighted by Crippen LogP contribution is 2.35. The predicted octanol–water partition coefficient (Wildman–Crippen LogP) is 2.03. The van der Waals surface area contributed by atoms with Crippen LogP contribution in [0.3, 0.4) is 0 Å². The lowest BCUT2D eigenvalue weighted by molar-refractivity contribution is -0.137. The van der Waals surface area contributed by atoms with Gasteiger partial charge < -0.3 is 9.55 Å². The SMILES string of the molecule is O=c1[nH]c(=O)c2cc(-n3cccc3)c(C(F)(F)F)cc2[nH]1. The minimum absolute atomic E-state index is 0.0219. The first-order chi connectivity index (χ1) is 9.86.